The topological polar surface area (TPSA) is 74.6 Å². The van der Waals surface area contributed by atoms with Crippen LogP contribution in [0.5, 0.6) is 0 Å². The fourth-order valence-electron chi connectivity index (χ4n) is 0.448. The van der Waals surface area contributed by atoms with Gasteiger partial charge in [-0.2, -0.15) is 0 Å². The van der Waals surface area contributed by atoms with Gasteiger partial charge in [-0.05, 0) is 20.3 Å². The summed E-state index contributed by atoms with van der Waals surface area (Å²) in [5.74, 6) is -1.75. The number of unbranched alkanes of at least 4 members (excludes halogenated alkanes) is 1. The second kappa shape index (κ2) is 8.99. The third kappa shape index (κ3) is 12.4. The number of carbonyl (C=O) groups is 2. The molecule has 0 aromatic rings. The van der Waals surface area contributed by atoms with Gasteiger partial charge in [0.05, 0.1) is 0 Å². The molecule has 0 unspecified atom stereocenters. The quantitative estimate of drug-likeness (QED) is 0.705. The third-order valence-corrected chi connectivity index (χ3v) is 1.44. The van der Waals surface area contributed by atoms with Gasteiger partial charge in [-0.3, -0.25) is 0 Å². The van der Waals surface area contributed by atoms with E-state index in [0.717, 1.165) is 12.8 Å². The minimum atomic E-state index is -0.935. The Balaban J connectivity index is 0. The van der Waals surface area contributed by atoms with Gasteiger partial charge in [0, 0.05) is 11.1 Å². The number of hydrogen-bond donors (Lipinski definition) is 2. The summed E-state index contributed by atoms with van der Waals surface area (Å²) >= 11 is 0. The summed E-state index contributed by atoms with van der Waals surface area (Å²) in [4.78, 5) is 19.7. The molecule has 0 bridgehead atoms. The van der Waals surface area contributed by atoms with E-state index in [0.29, 0.717) is 5.57 Å². The molecule has 0 aliphatic heterocycles. The minimum absolute atomic E-state index is 0.176. The molecule has 0 fully saturated rings. The van der Waals surface area contributed by atoms with Crippen molar-refractivity contribution in [1.29, 1.82) is 0 Å². The molecule has 0 heterocycles. The average Bonchev–Trinajstić information content (AvgIpc) is 2.14. The lowest BCUT2D eigenvalue weighted by atomic mass is 10.2. The first-order valence-electron chi connectivity index (χ1n) is 4.61. The van der Waals surface area contributed by atoms with Crippen LogP contribution in [0.25, 0.3) is 0 Å². The highest BCUT2D eigenvalue weighted by molar-refractivity contribution is 5.85. The molecule has 4 heteroatoms. The molecule has 0 aromatic carbocycles. The lowest BCUT2D eigenvalue weighted by Crippen LogP contribution is -1.95. The maximum Gasteiger partial charge on any atom is 0.330 e. The highest BCUT2D eigenvalue weighted by Crippen LogP contribution is 1.96. The second-order valence-corrected chi connectivity index (χ2v) is 3.07. The summed E-state index contributed by atoms with van der Waals surface area (Å²) in [6, 6.07) is 0. The minimum Gasteiger partial charge on any atom is -0.478 e. The molecule has 4 nitrogen and oxygen atoms in total. The highest BCUT2D eigenvalue weighted by Gasteiger charge is 1.95. The monoisotopic (exact) mass is 214 g/mol. The summed E-state index contributed by atoms with van der Waals surface area (Å²) in [5.41, 5.74) is 0.617. The van der Waals surface area contributed by atoms with Crippen LogP contribution in [0.15, 0.2) is 23.8 Å². The Morgan fingerprint density at radius 1 is 1.20 bits per heavy atom. The number of allylic oxidation sites excluding steroid dienone is 1. The molecule has 86 valence electrons. The fourth-order valence-corrected chi connectivity index (χ4v) is 0.448. The fraction of sp³-hybridized carbons (Fsp3) is 0.455. The molecule has 0 aliphatic rings. The maximum absolute atomic E-state index is 10.1. The number of rotatable bonds is 4. The maximum atomic E-state index is 10.1. The van der Waals surface area contributed by atoms with Crippen LogP contribution in [0, 0.1) is 0 Å². The molecule has 15 heavy (non-hydrogen) atoms. The Bertz CT molecular complexity index is 252. The molecule has 0 radical (unpaired) electrons. The lowest BCUT2D eigenvalue weighted by Gasteiger charge is -1.89. The molecule has 0 atom stereocenters. The van der Waals surface area contributed by atoms with Crippen LogP contribution in [0.4, 0.5) is 0 Å². The molecule has 0 saturated carbocycles. The molecule has 0 saturated heterocycles. The van der Waals surface area contributed by atoms with Gasteiger partial charge in [0.25, 0.3) is 0 Å². The van der Waals surface area contributed by atoms with Crippen LogP contribution in [0.3, 0.4) is 0 Å². The SMILES string of the molecule is C=C(C)C(=O)O.CCCC=C(C)C(=O)O. The standard InChI is InChI=1S/C7H12O2.C4H6O2/c1-3-4-5-6(2)7(8)9;1-3(2)4(5)6/h5H,3-4H2,1-2H3,(H,8,9);1H2,2H3,(H,5,6). The Hall–Kier alpha value is -1.58. The van der Waals surface area contributed by atoms with E-state index >= 15 is 0 Å². The van der Waals surface area contributed by atoms with Crippen LogP contribution >= 0.6 is 0 Å². The smallest absolute Gasteiger partial charge is 0.330 e. The number of aliphatic carboxylic acids is 2. The van der Waals surface area contributed by atoms with E-state index in [1.807, 2.05) is 6.92 Å². The average molecular weight is 214 g/mol. The number of carboxylic acids is 2. The van der Waals surface area contributed by atoms with Gasteiger partial charge < -0.3 is 10.2 Å². The van der Waals surface area contributed by atoms with Crippen molar-refractivity contribution in [2.24, 2.45) is 0 Å². The zero-order chi connectivity index (χ0) is 12.4. The molecular formula is C11H18O4. The molecule has 0 spiro atoms. The molecular weight excluding hydrogens is 196 g/mol. The zero-order valence-corrected chi connectivity index (χ0v) is 9.41. The van der Waals surface area contributed by atoms with Crippen molar-refractivity contribution < 1.29 is 19.8 Å². The molecule has 0 amide bonds. The molecule has 2 N–H and O–H groups in total. The normalized spacial score (nSPS) is 9.93. The van der Waals surface area contributed by atoms with Crippen molar-refractivity contribution >= 4 is 11.9 Å². The van der Waals surface area contributed by atoms with Crippen molar-refractivity contribution in [3.8, 4) is 0 Å². The predicted molar refractivity (Wildman–Crippen MR) is 58.8 cm³/mol. The summed E-state index contributed by atoms with van der Waals surface area (Å²) in [6.45, 7) is 8.23. The van der Waals surface area contributed by atoms with Crippen LogP contribution in [-0.2, 0) is 9.59 Å². The van der Waals surface area contributed by atoms with Crippen LogP contribution in [0.2, 0.25) is 0 Å². The van der Waals surface area contributed by atoms with Crippen LogP contribution < -0.4 is 0 Å². The Morgan fingerprint density at radius 2 is 1.60 bits per heavy atom. The summed E-state index contributed by atoms with van der Waals surface area (Å²) in [7, 11) is 0. The van der Waals surface area contributed by atoms with Crippen molar-refractivity contribution in [2.75, 3.05) is 0 Å². The first kappa shape index (κ1) is 15.9. The van der Waals surface area contributed by atoms with E-state index in [1.165, 1.54) is 6.92 Å². The van der Waals surface area contributed by atoms with E-state index in [4.69, 9.17) is 10.2 Å². The summed E-state index contributed by atoms with van der Waals surface area (Å²) < 4.78 is 0. The van der Waals surface area contributed by atoms with Gasteiger partial charge in [-0.15, -0.1) is 0 Å². The van der Waals surface area contributed by atoms with Gasteiger partial charge in [0.1, 0.15) is 0 Å². The van der Waals surface area contributed by atoms with E-state index < -0.39 is 11.9 Å². The van der Waals surface area contributed by atoms with Crippen molar-refractivity contribution in [3.63, 3.8) is 0 Å². The summed E-state index contributed by atoms with van der Waals surface area (Å²) in [6.07, 6.45) is 3.60. The highest BCUT2D eigenvalue weighted by atomic mass is 16.4. The van der Waals surface area contributed by atoms with Gasteiger partial charge in [-0.25, -0.2) is 9.59 Å². The van der Waals surface area contributed by atoms with Crippen molar-refractivity contribution in [1.82, 2.24) is 0 Å². The van der Waals surface area contributed by atoms with Gasteiger partial charge in [0.15, 0.2) is 0 Å². The second-order valence-electron chi connectivity index (χ2n) is 3.07. The molecule has 0 rings (SSSR count). The van der Waals surface area contributed by atoms with Gasteiger partial charge in [0.2, 0.25) is 0 Å². The van der Waals surface area contributed by atoms with Crippen molar-refractivity contribution in [2.45, 2.75) is 33.6 Å². The molecule has 0 aliphatic carbocycles. The van der Waals surface area contributed by atoms with Crippen LogP contribution in [0.1, 0.15) is 33.6 Å². The Labute approximate surface area is 89.9 Å². The Morgan fingerprint density at radius 3 is 1.80 bits per heavy atom. The van der Waals surface area contributed by atoms with E-state index in [-0.39, 0.29) is 5.57 Å². The van der Waals surface area contributed by atoms with Crippen molar-refractivity contribution in [3.05, 3.63) is 23.8 Å². The van der Waals surface area contributed by atoms with Crippen LogP contribution in [-0.4, -0.2) is 22.2 Å². The first-order valence-corrected chi connectivity index (χ1v) is 4.61. The lowest BCUT2D eigenvalue weighted by molar-refractivity contribution is -0.133. The largest absolute Gasteiger partial charge is 0.478 e. The first-order chi connectivity index (χ1) is 6.82. The van der Waals surface area contributed by atoms with E-state index in [9.17, 15) is 9.59 Å². The number of hydrogen-bond acceptors (Lipinski definition) is 2. The van der Waals surface area contributed by atoms with Gasteiger partial charge in [-0.1, -0.05) is 26.0 Å². The third-order valence-electron chi connectivity index (χ3n) is 1.44. The predicted octanol–water partition coefficient (Wildman–Crippen LogP) is 2.46. The molecule has 0 aromatic heterocycles. The zero-order valence-electron chi connectivity index (χ0n) is 9.41. The van der Waals surface area contributed by atoms with E-state index in [1.54, 1.807) is 13.0 Å². The Kier molecular flexibility index (Phi) is 9.52. The summed E-state index contributed by atoms with van der Waals surface area (Å²) in [5, 5.41) is 16.2. The van der Waals surface area contributed by atoms with Gasteiger partial charge >= 0.3 is 11.9 Å². The number of carboxylic acid groups (broad SMARTS) is 2. The van der Waals surface area contributed by atoms with E-state index in [2.05, 4.69) is 6.58 Å².